The predicted molar refractivity (Wildman–Crippen MR) is 47.5 cm³/mol. The Bertz CT molecular complexity index is 202. The van der Waals surface area contributed by atoms with Gasteiger partial charge in [0, 0.05) is 13.2 Å². The number of ether oxygens (including phenoxy) is 1. The molecule has 0 aromatic rings. The minimum Gasteiger partial charge on any atom is -0.481 e. The Morgan fingerprint density at radius 3 is 2.46 bits per heavy atom. The molecule has 0 unspecified atom stereocenters. The van der Waals surface area contributed by atoms with Crippen molar-refractivity contribution in [2.45, 2.75) is 32.1 Å². The molecule has 74 valence electrons. The number of carboxylic acids is 1. The molecule has 2 fully saturated rings. The van der Waals surface area contributed by atoms with Crippen molar-refractivity contribution in [2.75, 3.05) is 13.2 Å². The SMILES string of the molecule is O=C(O)CC1(C2CCOCC2)CC1. The van der Waals surface area contributed by atoms with Crippen LogP contribution in [0.25, 0.3) is 0 Å². The maximum atomic E-state index is 10.7. The highest BCUT2D eigenvalue weighted by molar-refractivity contribution is 5.68. The van der Waals surface area contributed by atoms with Crippen molar-refractivity contribution in [1.82, 2.24) is 0 Å². The molecule has 0 aromatic carbocycles. The molecule has 1 N–H and O–H groups in total. The van der Waals surface area contributed by atoms with Gasteiger partial charge in [-0.25, -0.2) is 0 Å². The summed E-state index contributed by atoms with van der Waals surface area (Å²) in [5.41, 5.74) is 0.162. The van der Waals surface area contributed by atoms with E-state index in [1.807, 2.05) is 0 Å². The minimum absolute atomic E-state index is 0.162. The molecule has 0 aromatic heterocycles. The van der Waals surface area contributed by atoms with Crippen LogP contribution in [0.2, 0.25) is 0 Å². The number of aliphatic carboxylic acids is 1. The van der Waals surface area contributed by atoms with E-state index in [4.69, 9.17) is 9.84 Å². The van der Waals surface area contributed by atoms with Gasteiger partial charge in [-0.3, -0.25) is 4.79 Å². The van der Waals surface area contributed by atoms with Crippen LogP contribution in [0.3, 0.4) is 0 Å². The molecular weight excluding hydrogens is 168 g/mol. The first-order valence-corrected chi connectivity index (χ1v) is 5.02. The molecule has 0 atom stereocenters. The molecule has 3 heteroatoms. The molecule has 1 saturated heterocycles. The van der Waals surface area contributed by atoms with E-state index in [9.17, 15) is 4.79 Å². The van der Waals surface area contributed by atoms with E-state index >= 15 is 0 Å². The standard InChI is InChI=1S/C10H16O3/c11-9(12)7-10(3-4-10)8-1-5-13-6-2-8/h8H,1-7H2,(H,11,12). The van der Waals surface area contributed by atoms with Gasteiger partial charge >= 0.3 is 5.97 Å². The Morgan fingerprint density at radius 1 is 1.38 bits per heavy atom. The van der Waals surface area contributed by atoms with Crippen LogP contribution in [-0.4, -0.2) is 24.3 Å². The lowest BCUT2D eigenvalue weighted by molar-refractivity contribution is -0.139. The van der Waals surface area contributed by atoms with Crippen molar-refractivity contribution in [3.05, 3.63) is 0 Å². The van der Waals surface area contributed by atoms with Gasteiger partial charge in [-0.1, -0.05) is 0 Å². The number of hydrogen-bond donors (Lipinski definition) is 1. The van der Waals surface area contributed by atoms with Gasteiger partial charge in [0.2, 0.25) is 0 Å². The minimum atomic E-state index is -0.635. The smallest absolute Gasteiger partial charge is 0.303 e. The van der Waals surface area contributed by atoms with E-state index in [2.05, 4.69) is 0 Å². The summed E-state index contributed by atoms with van der Waals surface area (Å²) in [6.07, 6.45) is 4.73. The summed E-state index contributed by atoms with van der Waals surface area (Å²) >= 11 is 0. The zero-order valence-electron chi connectivity index (χ0n) is 7.79. The zero-order chi connectivity index (χ0) is 9.31. The first-order chi connectivity index (χ1) is 6.23. The molecule has 1 saturated carbocycles. The van der Waals surface area contributed by atoms with Gasteiger partial charge in [0.25, 0.3) is 0 Å². The molecule has 1 aliphatic carbocycles. The van der Waals surface area contributed by atoms with Crippen molar-refractivity contribution in [3.63, 3.8) is 0 Å². The molecule has 0 spiro atoms. The largest absolute Gasteiger partial charge is 0.481 e. The van der Waals surface area contributed by atoms with Crippen LogP contribution >= 0.6 is 0 Å². The van der Waals surface area contributed by atoms with E-state index in [1.54, 1.807) is 0 Å². The lowest BCUT2D eigenvalue weighted by Crippen LogP contribution is -2.26. The Morgan fingerprint density at radius 2 is 2.00 bits per heavy atom. The van der Waals surface area contributed by atoms with E-state index in [-0.39, 0.29) is 5.41 Å². The molecule has 3 nitrogen and oxygen atoms in total. The molecule has 2 aliphatic rings. The lowest BCUT2D eigenvalue weighted by atomic mass is 9.81. The molecule has 0 amide bonds. The van der Waals surface area contributed by atoms with Gasteiger partial charge in [-0.05, 0) is 37.0 Å². The molecular formula is C10H16O3. The third kappa shape index (κ3) is 1.85. The third-order valence-electron chi connectivity index (χ3n) is 3.48. The van der Waals surface area contributed by atoms with Gasteiger partial charge in [0.05, 0.1) is 6.42 Å². The van der Waals surface area contributed by atoms with Gasteiger partial charge in [-0.2, -0.15) is 0 Å². The second-order valence-electron chi connectivity index (χ2n) is 4.32. The van der Waals surface area contributed by atoms with Crippen LogP contribution in [0.1, 0.15) is 32.1 Å². The zero-order valence-corrected chi connectivity index (χ0v) is 7.79. The van der Waals surface area contributed by atoms with Crippen molar-refractivity contribution in [1.29, 1.82) is 0 Å². The highest BCUT2D eigenvalue weighted by Gasteiger charge is 2.50. The van der Waals surface area contributed by atoms with Gasteiger partial charge in [-0.15, -0.1) is 0 Å². The summed E-state index contributed by atoms with van der Waals surface area (Å²) in [6.45, 7) is 1.65. The summed E-state index contributed by atoms with van der Waals surface area (Å²) < 4.78 is 5.28. The van der Waals surface area contributed by atoms with Crippen molar-refractivity contribution in [2.24, 2.45) is 11.3 Å². The van der Waals surface area contributed by atoms with E-state index in [0.717, 1.165) is 38.9 Å². The Kier molecular flexibility index (Phi) is 2.28. The number of carboxylic acid groups (broad SMARTS) is 1. The number of rotatable bonds is 3. The average Bonchev–Trinajstić information content (AvgIpc) is 2.86. The van der Waals surface area contributed by atoms with Gasteiger partial charge in [0.1, 0.15) is 0 Å². The first kappa shape index (κ1) is 9.00. The second kappa shape index (κ2) is 3.29. The van der Waals surface area contributed by atoms with Crippen LogP contribution < -0.4 is 0 Å². The van der Waals surface area contributed by atoms with E-state index in [1.165, 1.54) is 0 Å². The molecule has 0 bridgehead atoms. The van der Waals surface area contributed by atoms with Gasteiger partial charge in [0.15, 0.2) is 0 Å². The van der Waals surface area contributed by atoms with Crippen LogP contribution in [0.15, 0.2) is 0 Å². The average molecular weight is 184 g/mol. The topological polar surface area (TPSA) is 46.5 Å². The maximum absolute atomic E-state index is 10.7. The number of hydrogen-bond acceptors (Lipinski definition) is 2. The first-order valence-electron chi connectivity index (χ1n) is 5.02. The second-order valence-corrected chi connectivity index (χ2v) is 4.32. The maximum Gasteiger partial charge on any atom is 0.303 e. The summed E-state index contributed by atoms with van der Waals surface area (Å²) in [7, 11) is 0. The Hall–Kier alpha value is -0.570. The fourth-order valence-corrected chi connectivity index (χ4v) is 2.50. The monoisotopic (exact) mass is 184 g/mol. The van der Waals surface area contributed by atoms with E-state index in [0.29, 0.717) is 12.3 Å². The molecule has 13 heavy (non-hydrogen) atoms. The van der Waals surface area contributed by atoms with Crippen LogP contribution in [-0.2, 0) is 9.53 Å². The molecule has 2 rings (SSSR count). The number of carbonyl (C=O) groups is 1. The summed E-state index contributed by atoms with van der Waals surface area (Å²) in [5.74, 6) is -0.0265. The third-order valence-corrected chi connectivity index (χ3v) is 3.48. The summed E-state index contributed by atoms with van der Waals surface area (Å²) in [5, 5.41) is 8.79. The van der Waals surface area contributed by atoms with Gasteiger partial charge < -0.3 is 9.84 Å². The predicted octanol–water partition coefficient (Wildman–Crippen LogP) is 1.67. The van der Waals surface area contributed by atoms with Crippen molar-refractivity contribution >= 4 is 5.97 Å². The van der Waals surface area contributed by atoms with Crippen molar-refractivity contribution < 1.29 is 14.6 Å². The molecule has 0 radical (unpaired) electrons. The normalized spacial score (nSPS) is 27.1. The highest BCUT2D eigenvalue weighted by Crippen LogP contribution is 2.57. The molecule has 1 aliphatic heterocycles. The van der Waals surface area contributed by atoms with E-state index < -0.39 is 5.97 Å². The lowest BCUT2D eigenvalue weighted by Gasteiger charge is -2.29. The fraction of sp³-hybridized carbons (Fsp3) is 0.900. The van der Waals surface area contributed by atoms with Crippen LogP contribution in [0.5, 0.6) is 0 Å². The van der Waals surface area contributed by atoms with Crippen LogP contribution in [0.4, 0.5) is 0 Å². The molecule has 1 heterocycles. The quantitative estimate of drug-likeness (QED) is 0.725. The highest BCUT2D eigenvalue weighted by atomic mass is 16.5. The fourth-order valence-electron chi connectivity index (χ4n) is 2.50. The summed E-state index contributed by atoms with van der Waals surface area (Å²) in [4.78, 5) is 10.7. The Balaban J connectivity index is 1.93. The Labute approximate surface area is 78.1 Å². The van der Waals surface area contributed by atoms with Crippen LogP contribution in [0, 0.1) is 11.3 Å². The summed E-state index contributed by atoms with van der Waals surface area (Å²) in [6, 6.07) is 0. The van der Waals surface area contributed by atoms with Crippen molar-refractivity contribution in [3.8, 4) is 0 Å².